The van der Waals surface area contributed by atoms with Gasteiger partial charge in [-0.05, 0) is 44.2 Å². The maximum Gasteiger partial charge on any atom is 0.422 e. The van der Waals surface area contributed by atoms with E-state index in [2.05, 4.69) is 14.7 Å². The van der Waals surface area contributed by atoms with Crippen molar-refractivity contribution < 1.29 is 45.7 Å². The molecule has 1 N–H and O–H groups in total. The highest BCUT2D eigenvalue weighted by Gasteiger charge is 2.39. The zero-order valence-electron chi connectivity index (χ0n) is 24.0. The first kappa shape index (κ1) is 33.5. The van der Waals surface area contributed by atoms with Gasteiger partial charge in [-0.3, -0.25) is 14.3 Å². The van der Waals surface area contributed by atoms with E-state index in [1.807, 2.05) is 0 Å². The molecule has 9 nitrogen and oxygen atoms in total. The third-order valence-electron chi connectivity index (χ3n) is 6.87. The van der Waals surface area contributed by atoms with Crippen molar-refractivity contribution >= 4 is 50.0 Å². The second-order valence-electron chi connectivity index (χ2n) is 10.1. The molecule has 0 aliphatic heterocycles. The Kier molecular flexibility index (Phi) is 8.82. The van der Waals surface area contributed by atoms with E-state index in [4.69, 9.17) is 16.3 Å². The fraction of sp³-hybridized carbons (Fsp3) is 0.233. The molecular weight excluding hydrogens is 678 g/mol. The summed E-state index contributed by atoms with van der Waals surface area (Å²) in [6.45, 7) is 0.419. The third kappa shape index (κ3) is 6.67. The number of aryl methyl sites for hydroxylation is 2. The Morgan fingerprint density at radius 1 is 1.09 bits per heavy atom. The topological polar surface area (TPSA) is 127 Å². The lowest BCUT2D eigenvalue weighted by Gasteiger charge is -2.19. The minimum atomic E-state index is -5.23. The van der Waals surface area contributed by atoms with Crippen LogP contribution in [0.1, 0.15) is 33.0 Å². The Bertz CT molecular complexity index is 2170. The number of aromatic carboxylic acids is 1. The summed E-state index contributed by atoms with van der Waals surface area (Å²) in [5.74, 6) is -2.36. The number of ether oxygens (including phenoxy) is 2. The van der Waals surface area contributed by atoms with Gasteiger partial charge < -0.3 is 14.6 Å². The summed E-state index contributed by atoms with van der Waals surface area (Å²) in [5.41, 5.74) is -2.42. The summed E-state index contributed by atoms with van der Waals surface area (Å²) in [4.78, 5) is 33.7. The lowest BCUT2D eigenvalue weighted by atomic mass is 10.0. The molecule has 0 spiro atoms. The van der Waals surface area contributed by atoms with Gasteiger partial charge in [0.1, 0.15) is 35.4 Å². The molecule has 3 aromatic heterocycles. The van der Waals surface area contributed by atoms with Crippen LogP contribution < -0.4 is 15.0 Å². The minimum Gasteiger partial charge on any atom is -0.491 e. The average Bonchev–Trinajstić information content (AvgIpc) is 3.40. The summed E-state index contributed by atoms with van der Waals surface area (Å²) in [6, 6.07) is 8.17. The number of carbonyl (C=O) groups is 1. The van der Waals surface area contributed by atoms with Crippen LogP contribution in [-0.4, -0.2) is 45.0 Å². The number of fused-ring (bicyclic) bond motifs is 2. The van der Waals surface area contributed by atoms with Crippen LogP contribution in [0.5, 0.6) is 11.5 Å². The zero-order chi connectivity index (χ0) is 34.4. The summed E-state index contributed by atoms with van der Waals surface area (Å²) in [5, 5.41) is 20.4. The number of thiophene rings is 1. The number of hydrogen-bond acceptors (Lipinski definition) is 8. The molecule has 0 aliphatic carbocycles. The Labute approximate surface area is 269 Å². The highest BCUT2D eigenvalue weighted by Crippen LogP contribution is 2.42. The molecule has 0 saturated carbocycles. The van der Waals surface area contributed by atoms with Crippen LogP contribution in [0.2, 0.25) is 5.02 Å². The number of carboxylic acids is 1. The van der Waals surface area contributed by atoms with E-state index in [0.29, 0.717) is 32.6 Å². The molecule has 0 bridgehead atoms. The number of rotatable bonds is 8. The van der Waals surface area contributed by atoms with Gasteiger partial charge in [0, 0.05) is 27.2 Å². The van der Waals surface area contributed by atoms with Crippen LogP contribution in [-0.2, 0) is 12.7 Å². The average molecular weight is 697 g/mol. The molecular formula is C30H19ClF6N4O5S. The lowest BCUT2D eigenvalue weighted by molar-refractivity contribution is -0.158. The number of nitriles is 1. The van der Waals surface area contributed by atoms with Crippen molar-refractivity contribution in [3.63, 3.8) is 0 Å². The first-order chi connectivity index (χ1) is 22.0. The zero-order valence-corrected chi connectivity index (χ0v) is 25.6. The number of carboxylic acid groups (broad SMARTS) is 1. The fourth-order valence-electron chi connectivity index (χ4n) is 4.93. The maximum absolute atomic E-state index is 13.8. The van der Waals surface area contributed by atoms with Gasteiger partial charge in [0.25, 0.3) is 5.56 Å². The standard InChI is InChI=1S/C30H19ClF6N4O5S/c1-13-7-17(26-24(39-13)19(11-47-26)28(43)44)16-8-15(31)3-4-22(16)45-6-5-41-14(2)40-21-9-20(30(35,36)37)25(46-12-29(32,33)34)18(10-38)23(21)27(41)42/h3-4,7-9,11H,5-6,12H2,1-2H3,(H,43,44). The van der Waals surface area contributed by atoms with Gasteiger partial charge >= 0.3 is 18.3 Å². The quantitative estimate of drug-likeness (QED) is 0.165. The Morgan fingerprint density at radius 3 is 2.45 bits per heavy atom. The van der Waals surface area contributed by atoms with E-state index < -0.39 is 58.3 Å². The maximum atomic E-state index is 13.8. The molecule has 0 radical (unpaired) electrons. The SMILES string of the molecule is Cc1cc(-c2cc(Cl)ccc2OCCn2c(C)nc3cc(C(F)(F)F)c(OCC(F)(F)F)c(C#N)c3c2=O)c2scc(C(=O)O)c2n1. The molecule has 244 valence electrons. The number of halogens is 7. The van der Waals surface area contributed by atoms with Crippen molar-refractivity contribution in [3.05, 3.63) is 79.3 Å². The van der Waals surface area contributed by atoms with E-state index in [1.165, 1.54) is 24.4 Å². The molecule has 3 heterocycles. The van der Waals surface area contributed by atoms with E-state index in [0.717, 1.165) is 15.9 Å². The van der Waals surface area contributed by atoms with Crippen molar-refractivity contribution in [2.24, 2.45) is 0 Å². The normalized spacial score (nSPS) is 12.0. The van der Waals surface area contributed by atoms with Gasteiger partial charge in [-0.1, -0.05) is 11.6 Å². The highest BCUT2D eigenvalue weighted by atomic mass is 35.5. The number of benzene rings is 2. The molecule has 47 heavy (non-hydrogen) atoms. The van der Waals surface area contributed by atoms with Crippen molar-refractivity contribution in [2.45, 2.75) is 32.7 Å². The molecule has 0 amide bonds. The van der Waals surface area contributed by atoms with E-state index in [9.17, 15) is 46.3 Å². The molecule has 0 aliphatic rings. The van der Waals surface area contributed by atoms with Gasteiger partial charge in [0.2, 0.25) is 0 Å². The summed E-state index contributed by atoms with van der Waals surface area (Å²) < 4.78 is 92.0. The van der Waals surface area contributed by atoms with Gasteiger partial charge in [-0.15, -0.1) is 11.3 Å². The number of pyridine rings is 1. The van der Waals surface area contributed by atoms with Gasteiger partial charge in [-0.25, -0.2) is 9.78 Å². The van der Waals surface area contributed by atoms with E-state index in [-0.39, 0.29) is 35.8 Å². The monoisotopic (exact) mass is 696 g/mol. The van der Waals surface area contributed by atoms with Crippen LogP contribution in [0.25, 0.3) is 32.2 Å². The molecule has 0 unspecified atom stereocenters. The largest absolute Gasteiger partial charge is 0.491 e. The summed E-state index contributed by atoms with van der Waals surface area (Å²) in [6.07, 6.45) is -10.3. The number of alkyl halides is 6. The fourth-order valence-corrected chi connectivity index (χ4v) is 6.11. The molecule has 17 heteroatoms. The molecule has 5 aromatic rings. The van der Waals surface area contributed by atoms with E-state index >= 15 is 0 Å². The van der Waals surface area contributed by atoms with Crippen LogP contribution in [0.4, 0.5) is 26.3 Å². The number of aromatic nitrogens is 3. The van der Waals surface area contributed by atoms with Crippen molar-refractivity contribution in [3.8, 4) is 28.7 Å². The van der Waals surface area contributed by atoms with Crippen LogP contribution in [0, 0.1) is 25.2 Å². The molecule has 0 atom stereocenters. The molecule has 0 saturated heterocycles. The smallest absolute Gasteiger partial charge is 0.422 e. The Morgan fingerprint density at radius 2 is 1.81 bits per heavy atom. The number of nitrogens with zero attached hydrogens (tertiary/aromatic N) is 4. The summed E-state index contributed by atoms with van der Waals surface area (Å²) >= 11 is 7.44. The van der Waals surface area contributed by atoms with Crippen LogP contribution in [0.3, 0.4) is 0 Å². The van der Waals surface area contributed by atoms with Crippen molar-refractivity contribution in [1.82, 2.24) is 14.5 Å². The molecule has 5 rings (SSSR count). The lowest BCUT2D eigenvalue weighted by Crippen LogP contribution is -2.28. The Hall–Kier alpha value is -4.88. The predicted octanol–water partition coefficient (Wildman–Crippen LogP) is 7.55. The first-order valence-corrected chi connectivity index (χ1v) is 14.6. The van der Waals surface area contributed by atoms with Crippen LogP contribution in [0.15, 0.2) is 40.5 Å². The molecule has 2 aromatic carbocycles. The predicted molar refractivity (Wildman–Crippen MR) is 159 cm³/mol. The van der Waals surface area contributed by atoms with Crippen LogP contribution >= 0.6 is 22.9 Å². The third-order valence-corrected chi connectivity index (χ3v) is 8.11. The highest BCUT2D eigenvalue weighted by molar-refractivity contribution is 7.18. The molecule has 0 fully saturated rings. The number of hydrogen-bond donors (Lipinski definition) is 1. The van der Waals surface area contributed by atoms with Gasteiger partial charge in [0.15, 0.2) is 12.4 Å². The van der Waals surface area contributed by atoms with Gasteiger partial charge in [0.05, 0.1) is 33.2 Å². The van der Waals surface area contributed by atoms with Crippen molar-refractivity contribution in [2.75, 3.05) is 13.2 Å². The second kappa shape index (κ2) is 12.4. The first-order valence-electron chi connectivity index (χ1n) is 13.3. The summed E-state index contributed by atoms with van der Waals surface area (Å²) in [7, 11) is 0. The van der Waals surface area contributed by atoms with Gasteiger partial charge in [-0.2, -0.15) is 31.6 Å². The van der Waals surface area contributed by atoms with E-state index in [1.54, 1.807) is 25.1 Å². The Balaban J connectivity index is 1.54. The second-order valence-corrected chi connectivity index (χ2v) is 11.4. The minimum absolute atomic E-state index is 0.0177. The van der Waals surface area contributed by atoms with Crippen molar-refractivity contribution in [1.29, 1.82) is 5.26 Å².